The molecular weight excluding hydrogens is 274 g/mol. The first-order valence-corrected chi connectivity index (χ1v) is 6.15. The lowest BCUT2D eigenvalue weighted by Gasteiger charge is -2.10. The lowest BCUT2D eigenvalue weighted by atomic mass is 10.1. The van der Waals surface area contributed by atoms with Crippen molar-refractivity contribution in [1.82, 2.24) is 0 Å². The van der Waals surface area contributed by atoms with Crippen LogP contribution in [-0.4, -0.2) is 16.0 Å². The Kier molecular flexibility index (Phi) is 3.89. The topological polar surface area (TPSA) is 89.7 Å². The standard InChI is InChI=1S/C15H13NO5/c1-9-4-6-13(12(7-9)16(19)20)21-14-8-10(2)3-5-11(14)15(17)18/h3-8H,1-2H3,(H,17,18). The number of rotatable bonds is 4. The number of hydrogen-bond acceptors (Lipinski definition) is 4. The number of aromatic carboxylic acids is 1. The summed E-state index contributed by atoms with van der Waals surface area (Å²) in [6, 6.07) is 9.09. The van der Waals surface area contributed by atoms with Crippen molar-refractivity contribution < 1.29 is 19.6 Å². The first kappa shape index (κ1) is 14.5. The minimum absolute atomic E-state index is 0.0127. The number of hydrogen-bond donors (Lipinski definition) is 1. The molecule has 0 aliphatic rings. The number of ether oxygens (including phenoxy) is 1. The molecule has 108 valence electrons. The van der Waals surface area contributed by atoms with E-state index in [2.05, 4.69) is 0 Å². The van der Waals surface area contributed by atoms with Crippen molar-refractivity contribution in [1.29, 1.82) is 0 Å². The Bertz CT molecular complexity index is 724. The van der Waals surface area contributed by atoms with E-state index in [1.807, 2.05) is 0 Å². The van der Waals surface area contributed by atoms with E-state index in [1.165, 1.54) is 24.3 Å². The van der Waals surface area contributed by atoms with Crippen molar-refractivity contribution in [3.63, 3.8) is 0 Å². The molecule has 0 saturated carbocycles. The Hall–Kier alpha value is -2.89. The number of nitro groups is 1. The van der Waals surface area contributed by atoms with E-state index in [9.17, 15) is 14.9 Å². The van der Waals surface area contributed by atoms with E-state index in [-0.39, 0.29) is 22.7 Å². The van der Waals surface area contributed by atoms with Gasteiger partial charge in [-0.05, 0) is 43.2 Å². The van der Waals surface area contributed by atoms with Gasteiger partial charge >= 0.3 is 11.7 Å². The first-order chi connectivity index (χ1) is 9.88. The predicted octanol–water partition coefficient (Wildman–Crippen LogP) is 3.70. The molecule has 0 radical (unpaired) electrons. The van der Waals surface area contributed by atoms with Crippen LogP contribution in [0.1, 0.15) is 21.5 Å². The monoisotopic (exact) mass is 287 g/mol. The molecule has 2 aromatic carbocycles. The minimum Gasteiger partial charge on any atom is -0.478 e. The van der Waals surface area contributed by atoms with Crippen LogP contribution in [0.25, 0.3) is 0 Å². The number of carbonyl (C=O) groups is 1. The third-order valence-corrected chi connectivity index (χ3v) is 2.90. The highest BCUT2D eigenvalue weighted by Gasteiger charge is 2.19. The molecular formula is C15H13NO5. The van der Waals surface area contributed by atoms with Gasteiger partial charge in [-0.2, -0.15) is 0 Å². The Labute approximate surface area is 120 Å². The van der Waals surface area contributed by atoms with Gasteiger partial charge in [0.1, 0.15) is 11.3 Å². The van der Waals surface area contributed by atoms with Crippen LogP contribution < -0.4 is 4.74 Å². The van der Waals surface area contributed by atoms with Crippen LogP contribution in [0.5, 0.6) is 11.5 Å². The summed E-state index contributed by atoms with van der Waals surface area (Å²) in [7, 11) is 0. The highest BCUT2D eigenvalue weighted by molar-refractivity contribution is 5.91. The van der Waals surface area contributed by atoms with Crippen LogP contribution in [0.3, 0.4) is 0 Å². The zero-order valence-corrected chi connectivity index (χ0v) is 11.5. The summed E-state index contributed by atoms with van der Waals surface area (Å²) in [4.78, 5) is 21.7. The molecule has 0 heterocycles. The van der Waals surface area contributed by atoms with Crippen LogP contribution in [-0.2, 0) is 0 Å². The normalized spacial score (nSPS) is 10.2. The van der Waals surface area contributed by atoms with Crippen molar-refractivity contribution in [3.8, 4) is 11.5 Å². The molecule has 0 bridgehead atoms. The maximum Gasteiger partial charge on any atom is 0.339 e. The average molecular weight is 287 g/mol. The minimum atomic E-state index is -1.15. The molecule has 0 spiro atoms. The fourth-order valence-corrected chi connectivity index (χ4v) is 1.87. The Morgan fingerprint density at radius 2 is 1.71 bits per heavy atom. The molecule has 0 atom stereocenters. The molecule has 1 N–H and O–H groups in total. The molecule has 21 heavy (non-hydrogen) atoms. The Morgan fingerprint density at radius 3 is 2.33 bits per heavy atom. The fourth-order valence-electron chi connectivity index (χ4n) is 1.87. The van der Waals surface area contributed by atoms with Gasteiger partial charge < -0.3 is 9.84 Å². The molecule has 0 amide bonds. The molecule has 0 aromatic heterocycles. The van der Waals surface area contributed by atoms with Gasteiger partial charge in [0.25, 0.3) is 0 Å². The largest absolute Gasteiger partial charge is 0.478 e. The maximum atomic E-state index is 11.2. The number of carboxylic acid groups (broad SMARTS) is 1. The van der Waals surface area contributed by atoms with E-state index >= 15 is 0 Å². The number of carboxylic acids is 1. The third-order valence-electron chi connectivity index (χ3n) is 2.90. The van der Waals surface area contributed by atoms with Gasteiger partial charge in [-0.15, -0.1) is 0 Å². The zero-order chi connectivity index (χ0) is 15.6. The lowest BCUT2D eigenvalue weighted by molar-refractivity contribution is -0.385. The molecule has 0 fully saturated rings. The Morgan fingerprint density at radius 1 is 1.10 bits per heavy atom. The van der Waals surface area contributed by atoms with Gasteiger partial charge in [0.15, 0.2) is 0 Å². The van der Waals surface area contributed by atoms with Crippen molar-refractivity contribution in [2.45, 2.75) is 13.8 Å². The summed E-state index contributed by atoms with van der Waals surface area (Å²) in [5.74, 6) is -1.06. The van der Waals surface area contributed by atoms with Crippen molar-refractivity contribution in [3.05, 3.63) is 63.2 Å². The fraction of sp³-hybridized carbons (Fsp3) is 0.133. The molecule has 2 aromatic rings. The van der Waals surface area contributed by atoms with E-state index in [0.717, 1.165) is 11.1 Å². The molecule has 0 aliphatic heterocycles. The van der Waals surface area contributed by atoms with E-state index in [0.29, 0.717) is 0 Å². The first-order valence-electron chi connectivity index (χ1n) is 6.15. The Balaban J connectivity index is 2.50. The second-order valence-electron chi connectivity index (χ2n) is 4.64. The molecule has 0 saturated heterocycles. The molecule has 6 heteroatoms. The van der Waals surface area contributed by atoms with Crippen molar-refractivity contribution in [2.24, 2.45) is 0 Å². The van der Waals surface area contributed by atoms with Crippen LogP contribution >= 0.6 is 0 Å². The maximum absolute atomic E-state index is 11.2. The highest BCUT2D eigenvalue weighted by Crippen LogP contribution is 2.34. The van der Waals surface area contributed by atoms with Crippen molar-refractivity contribution in [2.75, 3.05) is 0 Å². The molecule has 0 unspecified atom stereocenters. The van der Waals surface area contributed by atoms with Gasteiger partial charge in [0, 0.05) is 6.07 Å². The van der Waals surface area contributed by atoms with Gasteiger partial charge in [-0.1, -0.05) is 12.1 Å². The van der Waals surface area contributed by atoms with Gasteiger partial charge in [-0.3, -0.25) is 10.1 Å². The van der Waals surface area contributed by atoms with Crippen LogP contribution in [0, 0.1) is 24.0 Å². The second-order valence-corrected chi connectivity index (χ2v) is 4.64. The van der Waals surface area contributed by atoms with E-state index in [4.69, 9.17) is 9.84 Å². The summed E-state index contributed by atoms with van der Waals surface area (Å²) in [5, 5.41) is 20.2. The molecule has 0 aliphatic carbocycles. The van der Waals surface area contributed by atoms with E-state index in [1.54, 1.807) is 26.0 Å². The predicted molar refractivity (Wildman–Crippen MR) is 76.0 cm³/mol. The smallest absolute Gasteiger partial charge is 0.339 e. The molecule has 6 nitrogen and oxygen atoms in total. The third kappa shape index (κ3) is 3.17. The van der Waals surface area contributed by atoms with Crippen LogP contribution in [0.15, 0.2) is 36.4 Å². The summed E-state index contributed by atoms with van der Waals surface area (Å²) in [6.07, 6.45) is 0. The van der Waals surface area contributed by atoms with Gasteiger partial charge in [0.2, 0.25) is 5.75 Å². The molecule has 2 rings (SSSR count). The highest BCUT2D eigenvalue weighted by atomic mass is 16.6. The summed E-state index contributed by atoms with van der Waals surface area (Å²) >= 11 is 0. The summed E-state index contributed by atoms with van der Waals surface area (Å²) < 4.78 is 5.48. The number of nitro benzene ring substituents is 1. The van der Waals surface area contributed by atoms with Crippen molar-refractivity contribution >= 4 is 11.7 Å². The zero-order valence-electron chi connectivity index (χ0n) is 11.5. The summed E-state index contributed by atoms with van der Waals surface area (Å²) in [5.41, 5.74) is 1.27. The van der Waals surface area contributed by atoms with Crippen LogP contribution in [0.2, 0.25) is 0 Å². The SMILES string of the molecule is Cc1ccc(C(=O)O)c(Oc2ccc(C)cc2[N+](=O)[O-])c1. The number of benzene rings is 2. The van der Waals surface area contributed by atoms with Gasteiger partial charge in [0.05, 0.1) is 4.92 Å². The summed E-state index contributed by atoms with van der Waals surface area (Å²) in [6.45, 7) is 3.51. The van der Waals surface area contributed by atoms with E-state index < -0.39 is 10.9 Å². The number of nitrogens with zero attached hydrogens (tertiary/aromatic N) is 1. The van der Waals surface area contributed by atoms with Crippen LogP contribution in [0.4, 0.5) is 5.69 Å². The number of aryl methyl sites for hydroxylation is 2. The lowest BCUT2D eigenvalue weighted by Crippen LogP contribution is -2.01. The van der Waals surface area contributed by atoms with Gasteiger partial charge in [-0.25, -0.2) is 4.79 Å². The second kappa shape index (κ2) is 5.62. The average Bonchev–Trinajstić information content (AvgIpc) is 2.40. The quantitative estimate of drug-likeness (QED) is 0.684.